The molecule has 1 fully saturated rings. The maximum absolute atomic E-state index is 11.0. The predicted octanol–water partition coefficient (Wildman–Crippen LogP) is 4.34. The van der Waals surface area contributed by atoms with Crippen molar-refractivity contribution in [3.8, 4) is 0 Å². The zero-order valence-corrected chi connectivity index (χ0v) is 14.1. The van der Waals surface area contributed by atoms with Crippen molar-refractivity contribution < 1.29 is 5.11 Å². The number of hydrogen-bond acceptors (Lipinski definition) is 2. The second kappa shape index (κ2) is 6.59. The van der Waals surface area contributed by atoms with Crippen molar-refractivity contribution in [1.29, 1.82) is 0 Å². The molecule has 1 aromatic rings. The van der Waals surface area contributed by atoms with Gasteiger partial charge in [-0.05, 0) is 42.9 Å². The molecule has 1 saturated carbocycles. The van der Waals surface area contributed by atoms with E-state index in [1.54, 1.807) is 0 Å². The molecule has 3 unspecified atom stereocenters. The summed E-state index contributed by atoms with van der Waals surface area (Å²) in [4.78, 5) is 0. The van der Waals surface area contributed by atoms with E-state index in [9.17, 15) is 5.11 Å². The standard InChI is InChI=1S/C17H26BrNO/c1-3-13-5-4-8-17(10-13,11-19)16(20)14-7-6-12(2)9-15(14)18/h6-7,9,13,16,20H,3-5,8,10-11,19H2,1-2H3. The minimum atomic E-state index is -0.475. The van der Waals surface area contributed by atoms with Crippen molar-refractivity contribution in [1.82, 2.24) is 0 Å². The highest BCUT2D eigenvalue weighted by Crippen LogP contribution is 2.49. The number of hydrogen-bond donors (Lipinski definition) is 2. The van der Waals surface area contributed by atoms with Crippen LogP contribution in [0.25, 0.3) is 0 Å². The molecule has 0 spiro atoms. The number of aliphatic hydroxyl groups is 1. The second-order valence-electron chi connectivity index (χ2n) is 6.36. The molecule has 0 saturated heterocycles. The third-order valence-electron chi connectivity index (χ3n) is 5.00. The fraction of sp³-hybridized carbons (Fsp3) is 0.647. The average Bonchev–Trinajstić information content (AvgIpc) is 2.46. The van der Waals surface area contributed by atoms with Gasteiger partial charge in [-0.2, -0.15) is 0 Å². The Morgan fingerprint density at radius 1 is 1.50 bits per heavy atom. The van der Waals surface area contributed by atoms with Crippen LogP contribution in [0, 0.1) is 18.3 Å². The van der Waals surface area contributed by atoms with Crippen LogP contribution in [0.1, 0.15) is 56.3 Å². The smallest absolute Gasteiger partial charge is 0.0869 e. The van der Waals surface area contributed by atoms with Gasteiger partial charge >= 0.3 is 0 Å². The lowest BCUT2D eigenvalue weighted by Crippen LogP contribution is -2.41. The molecule has 0 radical (unpaired) electrons. The molecule has 0 heterocycles. The summed E-state index contributed by atoms with van der Waals surface area (Å²) >= 11 is 3.60. The largest absolute Gasteiger partial charge is 0.388 e. The van der Waals surface area contributed by atoms with Gasteiger partial charge in [-0.3, -0.25) is 0 Å². The molecule has 0 amide bonds. The minimum Gasteiger partial charge on any atom is -0.388 e. The first-order valence-electron chi connectivity index (χ1n) is 7.66. The third kappa shape index (κ3) is 3.10. The molecule has 3 heteroatoms. The Morgan fingerprint density at radius 3 is 2.85 bits per heavy atom. The molecule has 1 aliphatic carbocycles. The van der Waals surface area contributed by atoms with Crippen molar-refractivity contribution in [2.45, 2.75) is 52.1 Å². The van der Waals surface area contributed by atoms with Crippen LogP contribution in [0.4, 0.5) is 0 Å². The van der Waals surface area contributed by atoms with E-state index in [2.05, 4.69) is 41.9 Å². The van der Waals surface area contributed by atoms with E-state index in [0.29, 0.717) is 12.5 Å². The maximum atomic E-state index is 11.0. The van der Waals surface area contributed by atoms with Crippen LogP contribution in [-0.4, -0.2) is 11.7 Å². The summed E-state index contributed by atoms with van der Waals surface area (Å²) in [7, 11) is 0. The van der Waals surface area contributed by atoms with Crippen molar-refractivity contribution in [3.05, 3.63) is 33.8 Å². The Balaban J connectivity index is 2.30. The van der Waals surface area contributed by atoms with E-state index >= 15 is 0 Å². The lowest BCUT2D eigenvalue weighted by atomic mass is 9.64. The van der Waals surface area contributed by atoms with E-state index in [-0.39, 0.29) is 5.41 Å². The van der Waals surface area contributed by atoms with Crippen LogP contribution >= 0.6 is 15.9 Å². The number of benzene rings is 1. The Labute approximate surface area is 130 Å². The molecule has 2 rings (SSSR count). The average molecular weight is 340 g/mol. The normalized spacial score (nSPS) is 28.4. The molecule has 1 aromatic carbocycles. The van der Waals surface area contributed by atoms with Crippen molar-refractivity contribution in [2.75, 3.05) is 6.54 Å². The molecule has 2 nitrogen and oxygen atoms in total. The molecule has 3 atom stereocenters. The first kappa shape index (κ1) is 16.0. The zero-order chi connectivity index (χ0) is 14.8. The molecular weight excluding hydrogens is 314 g/mol. The van der Waals surface area contributed by atoms with E-state index in [1.807, 2.05) is 6.07 Å². The SMILES string of the molecule is CCC1CCCC(CN)(C(O)c2ccc(C)cc2Br)C1. The molecular formula is C17H26BrNO. The Bertz CT molecular complexity index is 462. The van der Waals surface area contributed by atoms with Crippen LogP contribution in [0.5, 0.6) is 0 Å². The monoisotopic (exact) mass is 339 g/mol. The van der Waals surface area contributed by atoms with Gasteiger partial charge in [0.1, 0.15) is 0 Å². The van der Waals surface area contributed by atoms with Gasteiger partial charge in [0.05, 0.1) is 6.10 Å². The van der Waals surface area contributed by atoms with Gasteiger partial charge in [0.2, 0.25) is 0 Å². The van der Waals surface area contributed by atoms with Crippen LogP contribution in [0.2, 0.25) is 0 Å². The number of rotatable bonds is 4. The fourth-order valence-corrected chi connectivity index (χ4v) is 4.31. The fourth-order valence-electron chi connectivity index (χ4n) is 3.60. The van der Waals surface area contributed by atoms with Gasteiger partial charge in [-0.15, -0.1) is 0 Å². The van der Waals surface area contributed by atoms with Crippen LogP contribution in [-0.2, 0) is 0 Å². The first-order valence-corrected chi connectivity index (χ1v) is 8.46. The van der Waals surface area contributed by atoms with Crippen molar-refractivity contribution in [3.63, 3.8) is 0 Å². The molecule has 20 heavy (non-hydrogen) atoms. The first-order chi connectivity index (χ1) is 9.52. The Kier molecular flexibility index (Phi) is 5.27. The van der Waals surface area contributed by atoms with Crippen LogP contribution < -0.4 is 5.73 Å². The number of aryl methyl sites for hydroxylation is 1. The Morgan fingerprint density at radius 2 is 2.25 bits per heavy atom. The summed E-state index contributed by atoms with van der Waals surface area (Å²) in [6.07, 6.45) is 5.24. The lowest BCUT2D eigenvalue weighted by Gasteiger charge is -2.44. The van der Waals surface area contributed by atoms with Crippen LogP contribution in [0.3, 0.4) is 0 Å². The molecule has 3 N–H and O–H groups in total. The summed E-state index contributed by atoms with van der Waals surface area (Å²) < 4.78 is 0.997. The van der Waals surface area contributed by atoms with E-state index in [0.717, 1.165) is 22.9 Å². The molecule has 1 aliphatic rings. The summed E-state index contributed by atoms with van der Waals surface area (Å²) in [6, 6.07) is 6.17. The van der Waals surface area contributed by atoms with Crippen LogP contribution in [0.15, 0.2) is 22.7 Å². The quantitative estimate of drug-likeness (QED) is 0.857. The predicted molar refractivity (Wildman–Crippen MR) is 87.6 cm³/mol. The van der Waals surface area contributed by atoms with Gasteiger partial charge in [0.25, 0.3) is 0 Å². The van der Waals surface area contributed by atoms with E-state index in [1.165, 1.54) is 24.8 Å². The van der Waals surface area contributed by atoms with Crippen molar-refractivity contribution in [2.24, 2.45) is 17.1 Å². The minimum absolute atomic E-state index is 0.156. The maximum Gasteiger partial charge on any atom is 0.0869 e. The summed E-state index contributed by atoms with van der Waals surface area (Å²) in [5, 5.41) is 11.0. The molecule has 0 bridgehead atoms. The van der Waals surface area contributed by atoms with Gasteiger partial charge in [0.15, 0.2) is 0 Å². The number of nitrogens with two attached hydrogens (primary N) is 1. The number of halogens is 1. The highest BCUT2D eigenvalue weighted by molar-refractivity contribution is 9.10. The second-order valence-corrected chi connectivity index (χ2v) is 7.22. The number of aliphatic hydroxyl groups excluding tert-OH is 1. The van der Waals surface area contributed by atoms with Gasteiger partial charge in [0, 0.05) is 16.4 Å². The molecule has 112 valence electrons. The Hall–Kier alpha value is -0.380. The highest BCUT2D eigenvalue weighted by Gasteiger charge is 2.41. The van der Waals surface area contributed by atoms with E-state index in [4.69, 9.17) is 5.73 Å². The van der Waals surface area contributed by atoms with Crippen molar-refractivity contribution >= 4 is 15.9 Å². The van der Waals surface area contributed by atoms with Gasteiger partial charge in [-0.25, -0.2) is 0 Å². The van der Waals surface area contributed by atoms with Gasteiger partial charge < -0.3 is 10.8 Å². The summed E-state index contributed by atoms with van der Waals surface area (Å²) in [5.41, 5.74) is 8.12. The van der Waals surface area contributed by atoms with Gasteiger partial charge in [-0.1, -0.05) is 54.2 Å². The lowest BCUT2D eigenvalue weighted by molar-refractivity contribution is -0.0166. The molecule has 0 aromatic heterocycles. The highest BCUT2D eigenvalue weighted by atomic mass is 79.9. The van der Waals surface area contributed by atoms with E-state index < -0.39 is 6.10 Å². The topological polar surface area (TPSA) is 46.2 Å². The third-order valence-corrected chi connectivity index (χ3v) is 5.68. The zero-order valence-electron chi connectivity index (χ0n) is 12.5. The summed E-state index contributed by atoms with van der Waals surface area (Å²) in [5.74, 6) is 0.700. The molecule has 0 aliphatic heterocycles. The summed E-state index contributed by atoms with van der Waals surface area (Å²) in [6.45, 7) is 4.86.